The van der Waals surface area contributed by atoms with Gasteiger partial charge in [-0.25, -0.2) is 0 Å². The first-order chi connectivity index (χ1) is 15.9. The van der Waals surface area contributed by atoms with Crippen molar-refractivity contribution in [1.82, 2.24) is 0 Å². The van der Waals surface area contributed by atoms with Crippen molar-refractivity contribution in [1.29, 1.82) is 0 Å². The molecule has 3 aromatic rings. The number of carbonyl (C=O) groups excluding carboxylic acids is 3. The maximum atomic E-state index is 13.9. The monoisotopic (exact) mass is 464 g/mol. The fourth-order valence-electron chi connectivity index (χ4n) is 3.99. The molecule has 0 bridgehead atoms. The topological polar surface area (TPSA) is 69.7 Å². The number of ketones is 1. The second kappa shape index (κ2) is 10.9. The zero-order valence-electron chi connectivity index (χ0n) is 18.7. The lowest BCUT2D eigenvalue weighted by Crippen LogP contribution is -2.37. The van der Waals surface area contributed by atoms with Gasteiger partial charge in [0, 0.05) is 16.5 Å². The quantitative estimate of drug-likeness (QED) is 0.255. The van der Waals surface area contributed by atoms with E-state index in [0.717, 1.165) is 5.56 Å². The summed E-state index contributed by atoms with van der Waals surface area (Å²) >= 11 is 6.10. The molecule has 0 heterocycles. The second-order valence-corrected chi connectivity index (χ2v) is 8.16. The van der Waals surface area contributed by atoms with Crippen LogP contribution in [-0.2, 0) is 19.1 Å². The van der Waals surface area contributed by atoms with Crippen LogP contribution in [0, 0.1) is 12.8 Å². The molecule has 3 aromatic carbocycles. The molecule has 0 aliphatic rings. The first kappa shape index (κ1) is 24.2. The van der Waals surface area contributed by atoms with Gasteiger partial charge < -0.3 is 9.47 Å². The highest BCUT2D eigenvalue weighted by atomic mass is 35.5. The Balaban J connectivity index is 2.27. The third-order valence-electron chi connectivity index (χ3n) is 5.66. The number of carbonyl (C=O) groups is 3. The molecule has 0 amide bonds. The lowest BCUT2D eigenvalue weighted by Gasteiger charge is -2.31. The highest BCUT2D eigenvalue weighted by Gasteiger charge is 2.45. The normalized spacial score (nSPS) is 12.6. The minimum absolute atomic E-state index is 0.223. The average Bonchev–Trinajstić information content (AvgIpc) is 2.84. The number of hydrogen-bond acceptors (Lipinski definition) is 5. The predicted molar refractivity (Wildman–Crippen MR) is 126 cm³/mol. The molecule has 0 aliphatic heterocycles. The van der Waals surface area contributed by atoms with Crippen LogP contribution in [0.1, 0.15) is 38.9 Å². The van der Waals surface area contributed by atoms with Crippen LogP contribution in [-0.4, -0.2) is 31.9 Å². The summed E-state index contributed by atoms with van der Waals surface area (Å²) in [5.74, 6) is -4.89. The molecule has 0 saturated heterocycles. The summed E-state index contributed by atoms with van der Waals surface area (Å²) in [6.45, 7) is 1.93. The van der Waals surface area contributed by atoms with Crippen LogP contribution in [0.3, 0.4) is 0 Å². The lowest BCUT2D eigenvalue weighted by molar-refractivity contribution is -0.160. The van der Waals surface area contributed by atoms with Crippen molar-refractivity contribution in [3.63, 3.8) is 0 Å². The van der Waals surface area contributed by atoms with Gasteiger partial charge in [0.15, 0.2) is 11.7 Å². The SMILES string of the molecule is COC(=O)C(C(=O)OC)[C@@H](c1ccc(Cl)cc1)[C@H](C(=O)c1ccc(C)cc1)c1ccccc1. The summed E-state index contributed by atoms with van der Waals surface area (Å²) in [4.78, 5) is 39.7. The van der Waals surface area contributed by atoms with E-state index < -0.39 is 29.7 Å². The van der Waals surface area contributed by atoms with Crippen molar-refractivity contribution in [3.8, 4) is 0 Å². The molecular weight excluding hydrogens is 440 g/mol. The second-order valence-electron chi connectivity index (χ2n) is 7.72. The fraction of sp³-hybridized carbons (Fsp3) is 0.222. The average molecular weight is 465 g/mol. The molecule has 0 saturated carbocycles. The Morgan fingerprint density at radius 1 is 0.727 bits per heavy atom. The number of hydrogen-bond donors (Lipinski definition) is 0. The molecule has 3 rings (SSSR count). The van der Waals surface area contributed by atoms with E-state index in [9.17, 15) is 14.4 Å². The van der Waals surface area contributed by atoms with Gasteiger partial charge in [-0.05, 0) is 30.2 Å². The molecule has 170 valence electrons. The maximum absolute atomic E-state index is 13.9. The van der Waals surface area contributed by atoms with Gasteiger partial charge in [0.25, 0.3) is 0 Å². The lowest BCUT2D eigenvalue weighted by atomic mass is 9.70. The highest BCUT2D eigenvalue weighted by Crippen LogP contribution is 2.42. The van der Waals surface area contributed by atoms with Crippen LogP contribution in [0.25, 0.3) is 0 Å². The Hall–Kier alpha value is -3.44. The number of Topliss-reactive ketones (excluding diaryl/α,β-unsaturated/α-hetero) is 1. The largest absolute Gasteiger partial charge is 0.468 e. The Morgan fingerprint density at radius 2 is 1.27 bits per heavy atom. The van der Waals surface area contributed by atoms with Gasteiger partial charge in [-0.1, -0.05) is 83.9 Å². The summed E-state index contributed by atoms with van der Waals surface area (Å²) < 4.78 is 9.94. The molecule has 0 spiro atoms. The van der Waals surface area contributed by atoms with Crippen molar-refractivity contribution in [3.05, 3.63) is 106 Å². The third kappa shape index (κ3) is 5.49. The van der Waals surface area contributed by atoms with Gasteiger partial charge in [-0.3, -0.25) is 14.4 Å². The Labute approximate surface area is 198 Å². The smallest absolute Gasteiger partial charge is 0.320 e. The number of ether oxygens (including phenoxy) is 2. The number of esters is 2. The van der Waals surface area contributed by atoms with Crippen molar-refractivity contribution in [2.75, 3.05) is 14.2 Å². The number of aryl methyl sites for hydroxylation is 1. The molecule has 6 heteroatoms. The first-order valence-corrected chi connectivity index (χ1v) is 10.8. The molecule has 0 N–H and O–H groups in total. The number of rotatable bonds is 8. The van der Waals surface area contributed by atoms with E-state index >= 15 is 0 Å². The maximum Gasteiger partial charge on any atom is 0.320 e. The molecule has 0 aromatic heterocycles. The van der Waals surface area contributed by atoms with E-state index in [4.69, 9.17) is 21.1 Å². The summed E-state index contributed by atoms with van der Waals surface area (Å²) in [5.41, 5.74) is 2.75. The van der Waals surface area contributed by atoms with E-state index in [0.29, 0.717) is 21.7 Å². The zero-order valence-corrected chi connectivity index (χ0v) is 19.4. The number of benzene rings is 3. The highest BCUT2D eigenvalue weighted by molar-refractivity contribution is 6.30. The van der Waals surface area contributed by atoms with Gasteiger partial charge in [-0.15, -0.1) is 0 Å². The van der Waals surface area contributed by atoms with Gasteiger partial charge in [0.1, 0.15) is 0 Å². The summed E-state index contributed by atoms with van der Waals surface area (Å²) in [6, 6.07) is 23.0. The number of halogens is 1. The van der Waals surface area contributed by atoms with E-state index in [1.165, 1.54) is 14.2 Å². The van der Waals surface area contributed by atoms with Crippen molar-refractivity contribution in [2.45, 2.75) is 18.8 Å². The Morgan fingerprint density at radius 3 is 1.79 bits per heavy atom. The van der Waals surface area contributed by atoms with Crippen LogP contribution in [0.15, 0.2) is 78.9 Å². The van der Waals surface area contributed by atoms with Gasteiger partial charge in [0.05, 0.1) is 20.1 Å². The Kier molecular flexibility index (Phi) is 8.01. The van der Waals surface area contributed by atoms with Crippen LogP contribution in [0.5, 0.6) is 0 Å². The standard InChI is InChI=1S/C27H25ClO5/c1-17-9-11-20(12-10-17)25(29)23(18-7-5-4-6-8-18)22(19-13-15-21(28)16-14-19)24(26(30)32-2)27(31)33-3/h4-16,22-24H,1-3H3/t22-,23+/m0/s1. The molecule has 0 aliphatic carbocycles. The van der Waals surface area contributed by atoms with Gasteiger partial charge in [0.2, 0.25) is 0 Å². The third-order valence-corrected chi connectivity index (χ3v) is 5.91. The van der Waals surface area contributed by atoms with E-state index in [1.54, 1.807) is 36.4 Å². The van der Waals surface area contributed by atoms with E-state index in [1.807, 2.05) is 49.4 Å². The molecule has 0 unspecified atom stereocenters. The molecule has 5 nitrogen and oxygen atoms in total. The number of methoxy groups -OCH3 is 2. The Bertz CT molecular complexity index is 1090. The van der Waals surface area contributed by atoms with Crippen LogP contribution >= 0.6 is 11.6 Å². The minimum atomic E-state index is -1.36. The molecule has 0 fully saturated rings. The van der Waals surface area contributed by atoms with Crippen molar-refractivity contribution in [2.24, 2.45) is 5.92 Å². The zero-order chi connectivity index (χ0) is 24.0. The summed E-state index contributed by atoms with van der Waals surface area (Å²) in [7, 11) is 2.41. The van der Waals surface area contributed by atoms with Crippen LogP contribution in [0.4, 0.5) is 0 Å². The van der Waals surface area contributed by atoms with Crippen molar-refractivity contribution < 1.29 is 23.9 Å². The summed E-state index contributed by atoms with van der Waals surface area (Å²) in [5, 5.41) is 0.492. The van der Waals surface area contributed by atoms with Crippen LogP contribution < -0.4 is 0 Å². The summed E-state index contributed by atoms with van der Waals surface area (Å²) in [6.07, 6.45) is 0. The van der Waals surface area contributed by atoms with Gasteiger partial charge >= 0.3 is 11.9 Å². The van der Waals surface area contributed by atoms with E-state index in [-0.39, 0.29) is 5.78 Å². The van der Waals surface area contributed by atoms with Crippen molar-refractivity contribution >= 4 is 29.3 Å². The molecule has 33 heavy (non-hydrogen) atoms. The fourth-order valence-corrected chi connectivity index (χ4v) is 4.11. The molecule has 0 radical (unpaired) electrons. The molecular formula is C27H25ClO5. The first-order valence-electron chi connectivity index (χ1n) is 10.4. The predicted octanol–water partition coefficient (Wildman–Crippen LogP) is 5.36. The van der Waals surface area contributed by atoms with Crippen LogP contribution in [0.2, 0.25) is 5.02 Å². The minimum Gasteiger partial charge on any atom is -0.468 e. The van der Waals surface area contributed by atoms with Gasteiger partial charge in [-0.2, -0.15) is 0 Å². The van der Waals surface area contributed by atoms with E-state index in [2.05, 4.69) is 0 Å². The molecule has 2 atom stereocenters.